The van der Waals surface area contributed by atoms with E-state index >= 15 is 0 Å². The van der Waals surface area contributed by atoms with Crippen LogP contribution in [0.5, 0.6) is 0 Å². The second-order valence-electron chi connectivity index (χ2n) is 5.07. The predicted molar refractivity (Wildman–Crippen MR) is 96.3 cm³/mol. The van der Waals surface area contributed by atoms with Crippen molar-refractivity contribution < 1.29 is 13.6 Å². The van der Waals surface area contributed by atoms with Crippen molar-refractivity contribution >= 4 is 39.8 Å². The fraction of sp³-hybridized carbons (Fsp3) is 0.188. The fourth-order valence-electron chi connectivity index (χ4n) is 1.92. The molecule has 0 aliphatic carbocycles. The molecule has 1 aromatic carbocycles. The van der Waals surface area contributed by atoms with Gasteiger partial charge in [0.05, 0.1) is 18.1 Å². The van der Waals surface area contributed by atoms with Gasteiger partial charge in [-0.1, -0.05) is 29.2 Å². The summed E-state index contributed by atoms with van der Waals surface area (Å²) in [5.41, 5.74) is 0.426. The van der Waals surface area contributed by atoms with Crippen LogP contribution in [0.3, 0.4) is 0 Å². The minimum absolute atomic E-state index is 0.226. The number of carbonyl (C=O) groups excluding carboxylic acids is 1. The number of nitrogens with zero attached hydrogens (tertiary/aromatic N) is 2. The van der Waals surface area contributed by atoms with E-state index < -0.39 is 11.1 Å². The maximum Gasteiger partial charge on any atom is 0.237 e. The van der Waals surface area contributed by atoms with E-state index in [1.54, 1.807) is 25.3 Å². The highest BCUT2D eigenvalue weighted by Gasteiger charge is 2.17. The molecule has 2 N–H and O–H groups in total. The predicted octanol–water partition coefficient (Wildman–Crippen LogP) is 4.00. The highest BCUT2D eigenvalue weighted by Crippen LogP contribution is 2.29. The highest BCUT2D eigenvalue weighted by molar-refractivity contribution is 8.02. The van der Waals surface area contributed by atoms with Crippen molar-refractivity contribution in [3.05, 3.63) is 54.2 Å². The zero-order valence-electron chi connectivity index (χ0n) is 13.2. The molecule has 9 heteroatoms. The lowest BCUT2D eigenvalue weighted by Crippen LogP contribution is -2.22. The van der Waals surface area contributed by atoms with Crippen LogP contribution in [-0.2, 0) is 11.3 Å². The van der Waals surface area contributed by atoms with E-state index in [-0.39, 0.29) is 5.91 Å². The van der Waals surface area contributed by atoms with Gasteiger partial charge in [-0.05, 0) is 37.3 Å². The summed E-state index contributed by atoms with van der Waals surface area (Å²) in [6.07, 6.45) is 1.61. The van der Waals surface area contributed by atoms with Gasteiger partial charge < -0.3 is 15.1 Å². The second kappa shape index (κ2) is 8.13. The van der Waals surface area contributed by atoms with Gasteiger partial charge in [0, 0.05) is 5.69 Å². The normalized spacial score (nSPS) is 11.9. The minimum atomic E-state index is -0.394. The number of amides is 1. The van der Waals surface area contributed by atoms with Crippen LogP contribution in [0.4, 0.5) is 15.2 Å². The van der Waals surface area contributed by atoms with Crippen LogP contribution < -0.4 is 10.6 Å². The lowest BCUT2D eigenvalue weighted by atomic mass is 10.3. The number of thioether (sulfide) groups is 1. The first-order valence-corrected chi connectivity index (χ1v) is 9.12. The van der Waals surface area contributed by atoms with Gasteiger partial charge in [0.15, 0.2) is 4.34 Å². The van der Waals surface area contributed by atoms with Gasteiger partial charge in [0.1, 0.15) is 11.6 Å². The van der Waals surface area contributed by atoms with Crippen molar-refractivity contribution in [2.24, 2.45) is 0 Å². The Morgan fingerprint density at radius 3 is 3.00 bits per heavy atom. The van der Waals surface area contributed by atoms with Crippen molar-refractivity contribution in [3.8, 4) is 0 Å². The van der Waals surface area contributed by atoms with Gasteiger partial charge in [0.2, 0.25) is 11.0 Å². The van der Waals surface area contributed by atoms with Crippen LogP contribution in [0.25, 0.3) is 0 Å². The monoisotopic (exact) mass is 378 g/mol. The first-order chi connectivity index (χ1) is 12.1. The van der Waals surface area contributed by atoms with Gasteiger partial charge in [-0.25, -0.2) is 4.39 Å². The molecule has 0 radical (unpaired) electrons. The number of anilines is 2. The van der Waals surface area contributed by atoms with Crippen molar-refractivity contribution in [1.82, 2.24) is 10.2 Å². The molecule has 6 nitrogen and oxygen atoms in total. The standard InChI is InChI=1S/C16H15FN4O2S2/c1-10(14(22)19-12-5-2-4-11(17)8-12)24-16-21-20-15(25-16)18-9-13-6-3-7-23-13/h2-8,10H,9H2,1H3,(H,18,20)(H,19,22)/t10-/m0/s1. The fourth-order valence-corrected chi connectivity index (χ4v) is 3.81. The maximum atomic E-state index is 13.2. The molecule has 2 heterocycles. The van der Waals surface area contributed by atoms with Crippen molar-refractivity contribution in [2.75, 3.05) is 10.6 Å². The summed E-state index contributed by atoms with van der Waals surface area (Å²) in [6.45, 7) is 2.28. The first kappa shape index (κ1) is 17.4. The summed E-state index contributed by atoms with van der Waals surface area (Å²) in [4.78, 5) is 12.2. The molecule has 0 spiro atoms. The van der Waals surface area contributed by atoms with Crippen LogP contribution in [0.1, 0.15) is 12.7 Å². The molecule has 1 amide bonds. The van der Waals surface area contributed by atoms with Crippen LogP contribution >= 0.6 is 23.1 Å². The zero-order valence-corrected chi connectivity index (χ0v) is 14.9. The number of carbonyl (C=O) groups is 1. The number of furan rings is 1. The molecule has 0 fully saturated rings. The quantitative estimate of drug-likeness (QED) is 0.605. The minimum Gasteiger partial charge on any atom is -0.467 e. The van der Waals surface area contributed by atoms with Gasteiger partial charge in [-0.2, -0.15) is 0 Å². The van der Waals surface area contributed by atoms with Crippen molar-refractivity contribution in [1.29, 1.82) is 0 Å². The Labute approximate surface area is 151 Å². The molecule has 3 rings (SSSR count). The Kier molecular flexibility index (Phi) is 5.67. The topological polar surface area (TPSA) is 80.1 Å². The third-order valence-electron chi connectivity index (χ3n) is 3.14. The number of hydrogen-bond donors (Lipinski definition) is 2. The van der Waals surface area contributed by atoms with E-state index in [1.165, 1.54) is 35.2 Å². The Hall–Kier alpha value is -2.39. The molecular weight excluding hydrogens is 363 g/mol. The second-order valence-corrected chi connectivity index (χ2v) is 7.63. The lowest BCUT2D eigenvalue weighted by molar-refractivity contribution is -0.115. The molecule has 0 bridgehead atoms. The van der Waals surface area contributed by atoms with Gasteiger partial charge in [0.25, 0.3) is 0 Å². The highest BCUT2D eigenvalue weighted by atomic mass is 32.2. The molecule has 0 aliphatic heterocycles. The summed E-state index contributed by atoms with van der Waals surface area (Å²) in [6, 6.07) is 9.47. The Balaban J connectivity index is 1.52. The van der Waals surface area contributed by atoms with Crippen LogP contribution in [0.15, 0.2) is 51.4 Å². The average Bonchev–Trinajstić information content (AvgIpc) is 3.24. The molecular formula is C16H15FN4O2S2. The van der Waals surface area contributed by atoms with Crippen molar-refractivity contribution in [3.63, 3.8) is 0 Å². The van der Waals surface area contributed by atoms with Crippen LogP contribution in [-0.4, -0.2) is 21.4 Å². The largest absolute Gasteiger partial charge is 0.467 e. The van der Waals surface area contributed by atoms with Crippen LogP contribution in [0, 0.1) is 5.82 Å². The van der Waals surface area contributed by atoms with E-state index in [2.05, 4.69) is 20.8 Å². The number of aromatic nitrogens is 2. The van der Waals surface area contributed by atoms with Gasteiger partial charge in [-0.15, -0.1) is 10.2 Å². The van der Waals surface area contributed by atoms with Gasteiger partial charge >= 0.3 is 0 Å². The molecule has 0 unspecified atom stereocenters. The van der Waals surface area contributed by atoms with Crippen LogP contribution in [0.2, 0.25) is 0 Å². The summed E-state index contributed by atoms with van der Waals surface area (Å²) in [7, 11) is 0. The molecule has 1 atom stereocenters. The molecule has 25 heavy (non-hydrogen) atoms. The third kappa shape index (κ3) is 5.04. The first-order valence-electron chi connectivity index (χ1n) is 7.43. The molecule has 0 saturated carbocycles. The van der Waals surface area contributed by atoms with E-state index in [0.29, 0.717) is 21.7 Å². The smallest absolute Gasteiger partial charge is 0.237 e. The summed E-state index contributed by atoms with van der Waals surface area (Å²) in [5, 5.41) is 14.1. The summed E-state index contributed by atoms with van der Waals surface area (Å²) < 4.78 is 19.1. The van der Waals surface area contributed by atoms with Crippen molar-refractivity contribution in [2.45, 2.75) is 23.1 Å². The Morgan fingerprint density at radius 2 is 2.24 bits per heavy atom. The molecule has 2 aromatic heterocycles. The average molecular weight is 378 g/mol. The number of hydrogen-bond acceptors (Lipinski definition) is 7. The summed E-state index contributed by atoms with van der Waals surface area (Å²) in [5.74, 6) is 0.178. The summed E-state index contributed by atoms with van der Waals surface area (Å²) >= 11 is 2.65. The SMILES string of the molecule is C[C@H](Sc1nnc(NCc2ccco2)s1)C(=O)Nc1cccc(F)c1. The lowest BCUT2D eigenvalue weighted by Gasteiger charge is -2.10. The number of rotatable bonds is 7. The number of nitrogens with one attached hydrogen (secondary N) is 2. The van der Waals surface area contributed by atoms with Gasteiger partial charge in [-0.3, -0.25) is 4.79 Å². The Bertz CT molecular complexity index is 838. The molecule has 130 valence electrons. The van der Waals surface area contributed by atoms with E-state index in [1.807, 2.05) is 12.1 Å². The van der Waals surface area contributed by atoms with E-state index in [9.17, 15) is 9.18 Å². The number of benzene rings is 1. The molecule has 0 saturated heterocycles. The third-order valence-corrected chi connectivity index (χ3v) is 5.20. The molecule has 3 aromatic rings. The van der Waals surface area contributed by atoms with E-state index in [0.717, 1.165) is 5.76 Å². The number of halogens is 1. The van der Waals surface area contributed by atoms with E-state index in [4.69, 9.17) is 4.42 Å². The maximum absolute atomic E-state index is 13.2. The molecule has 0 aliphatic rings. The Morgan fingerprint density at radius 1 is 1.36 bits per heavy atom. The zero-order chi connectivity index (χ0) is 17.6.